The molecule has 10 aromatic carbocycles. The van der Waals surface area contributed by atoms with E-state index in [1.54, 1.807) is 0 Å². The van der Waals surface area contributed by atoms with Crippen LogP contribution in [-0.4, -0.2) is 0 Å². The molecule has 0 saturated carbocycles. The summed E-state index contributed by atoms with van der Waals surface area (Å²) in [5.74, 6) is 0. The van der Waals surface area contributed by atoms with Gasteiger partial charge in [0, 0.05) is 34.1 Å². The molecule has 302 valence electrons. The lowest BCUT2D eigenvalue weighted by atomic mass is 9.51. The lowest BCUT2D eigenvalue weighted by Crippen LogP contribution is -2.44. The minimum Gasteiger partial charge on any atom is -0.310 e. The first-order chi connectivity index (χ1) is 31.8. The van der Waals surface area contributed by atoms with Crippen molar-refractivity contribution in [2.45, 2.75) is 10.8 Å². The summed E-state index contributed by atoms with van der Waals surface area (Å²) in [6.07, 6.45) is 0. The van der Waals surface area contributed by atoms with Crippen LogP contribution in [0.2, 0.25) is 0 Å². The van der Waals surface area contributed by atoms with E-state index in [-0.39, 0.29) is 0 Å². The predicted molar refractivity (Wildman–Crippen MR) is 265 cm³/mol. The molecule has 0 bridgehead atoms. The number of hydrogen-bond acceptors (Lipinski definition) is 2. The second kappa shape index (κ2) is 15.3. The van der Waals surface area contributed by atoms with E-state index in [4.69, 9.17) is 0 Å². The highest BCUT2D eigenvalue weighted by atomic mass is 15.2. The molecule has 0 amide bonds. The van der Waals surface area contributed by atoms with Crippen LogP contribution in [0.15, 0.2) is 267 Å². The summed E-state index contributed by atoms with van der Waals surface area (Å²) in [5, 5.41) is 0. The molecule has 0 heterocycles. The number of hydrogen-bond donors (Lipinski definition) is 0. The third kappa shape index (κ3) is 5.59. The summed E-state index contributed by atoms with van der Waals surface area (Å²) >= 11 is 0. The van der Waals surface area contributed by atoms with E-state index in [9.17, 15) is 0 Å². The first kappa shape index (κ1) is 37.6. The zero-order valence-electron chi connectivity index (χ0n) is 35.3. The van der Waals surface area contributed by atoms with Crippen LogP contribution in [0.3, 0.4) is 0 Å². The highest BCUT2D eigenvalue weighted by Gasteiger charge is 2.56. The van der Waals surface area contributed by atoms with Crippen LogP contribution < -0.4 is 9.80 Å². The topological polar surface area (TPSA) is 6.48 Å². The molecule has 2 nitrogen and oxygen atoms in total. The second-order valence-electron chi connectivity index (χ2n) is 16.8. The standard InChI is InChI=1S/C62H44N2/c1-6-23-45(24-7-1)61(46-25-8-2-9-26-46)57-37-18-20-39-59(57)62(60-40-21-19-38-58(60)61)55-36-17-16-35-53(55)54-44-52(41-42-56(54)62)64(49-31-14-5-15-32-49)51-34-22-33-50(43-51)63(47-27-10-3-11-28-47)48-29-12-4-13-30-48/h1-44H. The normalized spacial score (nSPS) is 13.6. The van der Waals surface area contributed by atoms with Crippen LogP contribution in [0.25, 0.3) is 11.1 Å². The van der Waals surface area contributed by atoms with Gasteiger partial charge in [0.1, 0.15) is 0 Å². The Balaban J connectivity index is 1.09. The van der Waals surface area contributed by atoms with E-state index in [0.29, 0.717) is 0 Å². The van der Waals surface area contributed by atoms with Crippen molar-refractivity contribution in [2.75, 3.05) is 9.80 Å². The molecule has 0 aromatic heterocycles. The van der Waals surface area contributed by atoms with Crippen molar-refractivity contribution in [3.63, 3.8) is 0 Å². The maximum Gasteiger partial charge on any atom is 0.0720 e. The fraction of sp³-hybridized carbons (Fsp3) is 0.0323. The Morgan fingerprint density at radius 1 is 0.203 bits per heavy atom. The molecular weight excluding hydrogens is 773 g/mol. The van der Waals surface area contributed by atoms with Crippen LogP contribution in [0, 0.1) is 0 Å². The van der Waals surface area contributed by atoms with Crippen molar-refractivity contribution in [1.82, 2.24) is 0 Å². The fourth-order valence-electron chi connectivity index (χ4n) is 11.1. The zero-order valence-corrected chi connectivity index (χ0v) is 35.3. The Bertz CT molecular complexity index is 3140. The Kier molecular flexibility index (Phi) is 8.98. The van der Waals surface area contributed by atoms with Crippen molar-refractivity contribution < 1.29 is 0 Å². The highest BCUT2D eigenvalue weighted by molar-refractivity contribution is 5.93. The van der Waals surface area contributed by atoms with E-state index in [1.807, 2.05) is 0 Å². The van der Waals surface area contributed by atoms with Crippen LogP contribution >= 0.6 is 0 Å². The van der Waals surface area contributed by atoms with Gasteiger partial charge in [-0.2, -0.15) is 0 Å². The summed E-state index contributed by atoms with van der Waals surface area (Å²) in [5.41, 5.74) is 18.3. The lowest BCUT2D eigenvalue weighted by molar-refractivity contribution is 0.623. The quantitative estimate of drug-likeness (QED) is 0.151. The minimum absolute atomic E-state index is 0.541. The summed E-state index contributed by atoms with van der Waals surface area (Å²) in [4.78, 5) is 4.74. The van der Waals surface area contributed by atoms with Gasteiger partial charge in [-0.25, -0.2) is 0 Å². The molecule has 0 atom stereocenters. The van der Waals surface area contributed by atoms with Crippen molar-refractivity contribution in [2.24, 2.45) is 0 Å². The average molecular weight is 817 g/mol. The number of para-hydroxylation sites is 3. The number of benzene rings is 10. The molecule has 0 radical (unpaired) electrons. The number of rotatable bonds is 8. The van der Waals surface area contributed by atoms with E-state index in [1.165, 1.54) is 55.6 Å². The Hall–Kier alpha value is -8.20. The average Bonchev–Trinajstić information content (AvgIpc) is 3.66. The molecule has 64 heavy (non-hydrogen) atoms. The Morgan fingerprint density at radius 2 is 0.531 bits per heavy atom. The molecule has 1 spiro atoms. The molecule has 0 fully saturated rings. The summed E-state index contributed by atoms with van der Waals surface area (Å²) < 4.78 is 0. The van der Waals surface area contributed by atoms with Crippen LogP contribution in [-0.2, 0) is 10.8 Å². The number of nitrogens with zero attached hydrogens (tertiary/aromatic N) is 2. The summed E-state index contributed by atoms with van der Waals surface area (Å²) in [6.45, 7) is 0. The third-order valence-corrected chi connectivity index (χ3v) is 13.6. The summed E-state index contributed by atoms with van der Waals surface area (Å²) in [6, 6.07) is 98.1. The molecule has 0 aliphatic heterocycles. The maximum absolute atomic E-state index is 2.44. The SMILES string of the molecule is c1ccc(N(c2ccccc2)c2cccc(N(c3ccccc3)c3ccc4c(c3)-c3ccccc3C43c4ccccc4C(c4ccccc4)(c4ccccc4)c4ccccc43)c2)cc1. The van der Waals surface area contributed by atoms with Gasteiger partial charge in [-0.1, -0.05) is 200 Å². The third-order valence-electron chi connectivity index (χ3n) is 13.6. The Morgan fingerprint density at radius 3 is 1.00 bits per heavy atom. The molecule has 2 aliphatic carbocycles. The van der Waals surface area contributed by atoms with Crippen LogP contribution in [0.1, 0.15) is 44.5 Å². The van der Waals surface area contributed by atoms with Gasteiger partial charge >= 0.3 is 0 Å². The summed E-state index contributed by atoms with van der Waals surface area (Å²) in [7, 11) is 0. The molecule has 12 rings (SSSR count). The lowest BCUT2D eigenvalue weighted by Gasteiger charge is -2.50. The van der Waals surface area contributed by atoms with Gasteiger partial charge in [-0.3, -0.25) is 0 Å². The monoisotopic (exact) mass is 816 g/mol. The van der Waals surface area contributed by atoms with Gasteiger partial charge in [0.15, 0.2) is 0 Å². The van der Waals surface area contributed by atoms with Gasteiger partial charge in [-0.05, 0) is 122 Å². The van der Waals surface area contributed by atoms with E-state index >= 15 is 0 Å². The van der Waals surface area contributed by atoms with Gasteiger partial charge in [0.05, 0.1) is 10.8 Å². The molecule has 0 saturated heterocycles. The molecule has 0 unspecified atom stereocenters. The van der Waals surface area contributed by atoms with Gasteiger partial charge in [0.2, 0.25) is 0 Å². The first-order valence-corrected chi connectivity index (χ1v) is 22.2. The predicted octanol–water partition coefficient (Wildman–Crippen LogP) is 15.7. The highest BCUT2D eigenvalue weighted by Crippen LogP contribution is 2.65. The van der Waals surface area contributed by atoms with Crippen molar-refractivity contribution in [1.29, 1.82) is 0 Å². The van der Waals surface area contributed by atoms with Crippen molar-refractivity contribution >= 4 is 34.1 Å². The fourth-order valence-corrected chi connectivity index (χ4v) is 11.1. The van der Waals surface area contributed by atoms with E-state index in [2.05, 4.69) is 277 Å². The van der Waals surface area contributed by atoms with Gasteiger partial charge < -0.3 is 9.80 Å². The van der Waals surface area contributed by atoms with Crippen LogP contribution in [0.4, 0.5) is 34.1 Å². The zero-order chi connectivity index (χ0) is 42.5. The minimum atomic E-state index is -0.561. The molecule has 2 heteroatoms. The Labute approximate surface area is 375 Å². The number of fused-ring (bicyclic) bond motifs is 9. The maximum atomic E-state index is 2.44. The van der Waals surface area contributed by atoms with Gasteiger partial charge in [0.25, 0.3) is 0 Å². The smallest absolute Gasteiger partial charge is 0.0720 e. The van der Waals surface area contributed by atoms with Crippen LogP contribution in [0.5, 0.6) is 0 Å². The largest absolute Gasteiger partial charge is 0.310 e. The number of anilines is 6. The molecular formula is C62H44N2. The molecule has 10 aromatic rings. The first-order valence-electron chi connectivity index (χ1n) is 22.2. The molecule has 0 N–H and O–H groups in total. The second-order valence-corrected chi connectivity index (χ2v) is 16.8. The van der Waals surface area contributed by atoms with Crippen molar-refractivity contribution in [3.05, 3.63) is 311 Å². The van der Waals surface area contributed by atoms with Gasteiger partial charge in [-0.15, -0.1) is 0 Å². The van der Waals surface area contributed by atoms with Crippen molar-refractivity contribution in [3.8, 4) is 11.1 Å². The van der Waals surface area contributed by atoms with E-state index in [0.717, 1.165) is 34.1 Å². The molecule has 2 aliphatic rings. The van der Waals surface area contributed by atoms with E-state index < -0.39 is 10.8 Å².